The van der Waals surface area contributed by atoms with Crippen molar-refractivity contribution in [1.29, 1.82) is 0 Å². The van der Waals surface area contributed by atoms with Crippen LogP contribution in [0.5, 0.6) is 0 Å². The molecule has 0 aliphatic heterocycles. The van der Waals surface area contributed by atoms with Crippen LogP contribution in [0, 0.1) is 0 Å². The number of nitrogens with zero attached hydrogens (tertiary/aromatic N) is 6. The van der Waals surface area contributed by atoms with Gasteiger partial charge in [-0.15, -0.1) is 22.7 Å². The van der Waals surface area contributed by atoms with E-state index in [1.54, 1.807) is 0 Å². The zero-order valence-electron chi connectivity index (χ0n) is 63.3. The molecular weight excluding hydrogens is 1480 g/mol. The van der Waals surface area contributed by atoms with E-state index in [1.807, 2.05) is 28.7 Å². The SMILES string of the molecule is c1ccc(-n2c3ccc(-c4ccc5c(c4)c4c6ccccc6sc4n5-c4cccc5ccccc45)cc3c3c4ccccc4oc32)cc1.c1ccc(-n2c3ccccc3c3cc(-n4c5ccc(-c6ccc7c(c6)c6c8ccccc8sc6n7-c6ccc7c(c6)c6ccccc6n7-c6ccccc6)cc5c5c6ccccc6oc54)ccc32)cc1. The van der Waals surface area contributed by atoms with Gasteiger partial charge in [0.15, 0.2) is 0 Å². The molecule has 0 atom stereocenters. The van der Waals surface area contributed by atoms with Gasteiger partial charge in [0.05, 0.1) is 60.6 Å². The maximum Gasteiger partial charge on any atom is 0.213 e. The molecular formula is C108H64N6O2S2. The van der Waals surface area contributed by atoms with Gasteiger partial charge in [0.2, 0.25) is 11.4 Å². The lowest BCUT2D eigenvalue weighted by Gasteiger charge is -2.11. The van der Waals surface area contributed by atoms with Crippen molar-refractivity contribution in [2.24, 2.45) is 0 Å². The summed E-state index contributed by atoms with van der Waals surface area (Å²) in [6.45, 7) is 0. The molecule has 0 amide bonds. The van der Waals surface area contributed by atoms with Gasteiger partial charge in [0, 0.05) is 119 Å². The van der Waals surface area contributed by atoms with Crippen LogP contribution < -0.4 is 0 Å². The number of fused-ring (bicyclic) bond motifs is 27. The molecule has 0 unspecified atom stereocenters. The van der Waals surface area contributed by atoms with Gasteiger partial charge in [0.1, 0.15) is 20.8 Å². The molecule has 0 bridgehead atoms. The van der Waals surface area contributed by atoms with Gasteiger partial charge in [-0.05, 0) is 191 Å². The third-order valence-electron chi connectivity index (χ3n) is 24.7. The zero-order chi connectivity index (χ0) is 77.0. The Morgan fingerprint density at radius 1 is 0.186 bits per heavy atom. The average Bonchev–Trinajstić information content (AvgIpc) is 1.56. The van der Waals surface area contributed by atoms with Gasteiger partial charge in [0.25, 0.3) is 0 Å². The maximum atomic E-state index is 6.85. The van der Waals surface area contributed by atoms with E-state index in [-0.39, 0.29) is 0 Å². The lowest BCUT2D eigenvalue weighted by Crippen LogP contribution is -1.95. The number of benzene rings is 17. The Hall–Kier alpha value is -15.2. The second-order valence-corrected chi connectivity index (χ2v) is 33.1. The van der Waals surface area contributed by atoms with Gasteiger partial charge >= 0.3 is 0 Å². The number of hydrogen-bond donors (Lipinski definition) is 0. The van der Waals surface area contributed by atoms with E-state index in [0.29, 0.717) is 0 Å². The molecule has 10 heteroatoms. The van der Waals surface area contributed by atoms with Gasteiger partial charge in [-0.1, -0.05) is 224 Å². The number of hydrogen-bond acceptors (Lipinski definition) is 4. The second kappa shape index (κ2) is 25.1. The lowest BCUT2D eigenvalue weighted by molar-refractivity contribution is 0.645. The van der Waals surface area contributed by atoms with Gasteiger partial charge < -0.3 is 27.1 Å². The summed E-state index contributed by atoms with van der Waals surface area (Å²) in [6, 6.07) is 141. The van der Waals surface area contributed by atoms with Crippen LogP contribution in [-0.4, -0.2) is 27.4 Å². The molecule has 0 aliphatic rings. The van der Waals surface area contributed by atoms with E-state index in [4.69, 9.17) is 8.83 Å². The Morgan fingerprint density at radius 3 is 1.01 bits per heavy atom. The van der Waals surface area contributed by atoms with Crippen LogP contribution in [0.1, 0.15) is 0 Å². The number of rotatable bonds is 8. The molecule has 10 aromatic heterocycles. The Kier molecular flexibility index (Phi) is 13.9. The normalized spacial score (nSPS) is 12.2. The van der Waals surface area contributed by atoms with E-state index in [1.165, 1.54) is 145 Å². The van der Waals surface area contributed by atoms with Gasteiger partial charge in [-0.3, -0.25) is 9.13 Å². The first kappa shape index (κ1) is 65.2. The predicted molar refractivity (Wildman–Crippen MR) is 498 cm³/mol. The van der Waals surface area contributed by atoms with E-state index in [2.05, 4.69) is 410 Å². The van der Waals surface area contributed by atoms with E-state index >= 15 is 0 Å². The minimum Gasteiger partial charge on any atom is -0.439 e. The van der Waals surface area contributed by atoms with Crippen molar-refractivity contribution in [2.75, 3.05) is 0 Å². The number of aromatic nitrogens is 6. The molecule has 0 saturated heterocycles. The molecule has 0 spiro atoms. The third-order valence-corrected chi connectivity index (χ3v) is 27.0. The fourth-order valence-electron chi connectivity index (χ4n) is 19.6. The number of thiophene rings is 2. The first-order valence-electron chi connectivity index (χ1n) is 40.1. The summed E-state index contributed by atoms with van der Waals surface area (Å²) >= 11 is 3.75. The Bertz CT molecular complexity index is 8580. The second-order valence-electron chi connectivity index (χ2n) is 31.0. The predicted octanol–water partition coefficient (Wildman–Crippen LogP) is 30.4. The van der Waals surface area contributed by atoms with Crippen LogP contribution in [-0.2, 0) is 0 Å². The van der Waals surface area contributed by atoms with Crippen LogP contribution in [0.2, 0.25) is 0 Å². The van der Waals surface area contributed by atoms with Crippen molar-refractivity contribution < 1.29 is 8.83 Å². The maximum absolute atomic E-state index is 6.85. The first-order chi connectivity index (χ1) is 58.5. The van der Waals surface area contributed by atoms with Crippen LogP contribution in [0.4, 0.5) is 0 Å². The van der Waals surface area contributed by atoms with E-state index in [9.17, 15) is 0 Å². The minimum atomic E-state index is 0.849. The monoisotopic (exact) mass is 1540 g/mol. The molecule has 8 nitrogen and oxygen atoms in total. The fourth-order valence-corrected chi connectivity index (χ4v) is 22.1. The van der Waals surface area contributed by atoms with Gasteiger partial charge in [-0.25, -0.2) is 0 Å². The lowest BCUT2D eigenvalue weighted by atomic mass is 10.00. The summed E-state index contributed by atoms with van der Waals surface area (Å²) in [6.07, 6.45) is 0. The van der Waals surface area contributed by atoms with Crippen molar-refractivity contribution in [3.8, 4) is 56.4 Å². The molecule has 0 fully saturated rings. The molecule has 17 aromatic carbocycles. The smallest absolute Gasteiger partial charge is 0.213 e. The van der Waals surface area contributed by atoms with Crippen molar-refractivity contribution in [2.45, 2.75) is 0 Å². The molecule has 0 N–H and O–H groups in total. The fraction of sp³-hybridized carbons (Fsp3) is 0. The highest BCUT2D eigenvalue weighted by atomic mass is 32.1. The average molecular weight is 1540 g/mol. The highest BCUT2D eigenvalue weighted by molar-refractivity contribution is 7.26. The Labute approximate surface area is 681 Å². The van der Waals surface area contributed by atoms with E-state index in [0.717, 1.165) is 94.6 Å². The molecule has 550 valence electrons. The summed E-state index contributed by atoms with van der Waals surface area (Å²) in [7, 11) is 0. The summed E-state index contributed by atoms with van der Waals surface area (Å²) < 4.78 is 30.3. The summed E-state index contributed by atoms with van der Waals surface area (Å²) in [5.74, 6) is 0. The first-order valence-corrected chi connectivity index (χ1v) is 41.7. The number of furan rings is 2. The molecule has 0 saturated carbocycles. The minimum absolute atomic E-state index is 0.849. The molecule has 27 rings (SSSR count). The Morgan fingerprint density at radius 2 is 0.517 bits per heavy atom. The molecule has 27 aromatic rings. The van der Waals surface area contributed by atoms with Crippen LogP contribution >= 0.6 is 22.7 Å². The van der Waals surface area contributed by atoms with Crippen LogP contribution in [0.25, 0.3) is 239 Å². The molecule has 10 heterocycles. The highest BCUT2D eigenvalue weighted by Gasteiger charge is 2.27. The van der Waals surface area contributed by atoms with Crippen LogP contribution in [0.3, 0.4) is 0 Å². The third kappa shape index (κ3) is 9.46. The summed E-state index contributed by atoms with van der Waals surface area (Å²) in [5, 5.41) is 22.0. The Balaban J connectivity index is 0.000000138. The largest absolute Gasteiger partial charge is 0.439 e. The number of para-hydroxylation sites is 7. The summed E-state index contributed by atoms with van der Waals surface area (Å²) in [5.41, 5.74) is 24.5. The van der Waals surface area contributed by atoms with Crippen LogP contribution in [0.15, 0.2) is 397 Å². The molecule has 0 radical (unpaired) electrons. The van der Waals surface area contributed by atoms with Gasteiger partial charge in [-0.2, -0.15) is 0 Å². The zero-order valence-corrected chi connectivity index (χ0v) is 64.9. The van der Waals surface area contributed by atoms with E-state index < -0.39 is 0 Å². The van der Waals surface area contributed by atoms with Crippen molar-refractivity contribution in [3.05, 3.63) is 388 Å². The van der Waals surface area contributed by atoms with Crippen molar-refractivity contribution in [3.63, 3.8) is 0 Å². The highest BCUT2D eigenvalue weighted by Crippen LogP contribution is 2.50. The quantitative estimate of drug-likeness (QED) is 0.152. The topological polar surface area (TPSA) is 55.9 Å². The standard InChI is InChI=1S/C64H38N4OS.C44H26N2OS/c1-3-15-41(16-4-1)65-53-23-11-7-19-45(53)49-37-43(29-33-55(49)65)67-57-31-27-39(35-51(57)61-47-21-9-13-25-59(47)69-63(61)67)40-28-32-58-52(36-40)62-48-22-10-14-26-60(48)70-64(62)68(58)44-30-34-56-50(38-44)46-20-8-12-24-54(46)66(56)42-17-5-2-6-18-42;1-2-13-30(14-3-1)45-37-23-21-28(25-34(37)41-32-16-6-8-19-39(32)47-43(41)45)29-22-24-38-35(26-29)42-33-17-7-9-20-40(33)48-44(42)46(38)36-18-10-12-27-11-4-5-15-31(27)36/h1-38H;1-26H. The molecule has 0 aliphatic carbocycles. The summed E-state index contributed by atoms with van der Waals surface area (Å²) in [4.78, 5) is 2.53. The van der Waals surface area contributed by atoms with Crippen molar-refractivity contribution in [1.82, 2.24) is 27.4 Å². The molecule has 118 heavy (non-hydrogen) atoms. The van der Waals surface area contributed by atoms with Crippen molar-refractivity contribution >= 4 is 205 Å².